The number of aryl methyl sites for hydroxylation is 2. The summed E-state index contributed by atoms with van der Waals surface area (Å²) in [6.07, 6.45) is -1.46. The fourth-order valence-corrected chi connectivity index (χ4v) is 4.45. The van der Waals surface area contributed by atoms with E-state index in [9.17, 15) is 22.5 Å². The number of carbonyl (C=O) groups excluding carboxylic acids is 1. The number of phosphoric ester groups is 1. The smallest absolute Gasteiger partial charge is 0.323 e. The van der Waals surface area contributed by atoms with E-state index in [1.807, 2.05) is 6.07 Å². The molecule has 2 aromatic rings. The average Bonchev–Trinajstić information content (AvgIpc) is 3.17. The van der Waals surface area contributed by atoms with Crippen molar-refractivity contribution in [2.45, 2.75) is 57.2 Å². The average molecular weight is 493 g/mol. The lowest BCUT2D eigenvalue weighted by atomic mass is 9.98. The Morgan fingerprint density at radius 1 is 1.16 bits per heavy atom. The van der Waals surface area contributed by atoms with Crippen LogP contribution in [-0.4, -0.2) is 27.7 Å². The van der Waals surface area contributed by atoms with Crippen LogP contribution in [0.3, 0.4) is 0 Å². The summed E-state index contributed by atoms with van der Waals surface area (Å²) in [7, 11) is -4.58. The molecule has 1 aromatic heterocycles. The van der Waals surface area contributed by atoms with Crippen LogP contribution in [0.5, 0.6) is 0 Å². The maximum Gasteiger partial charge on any atom is 0.469 e. The molecule has 1 unspecified atom stereocenters. The first kappa shape index (κ1) is 26.7. The van der Waals surface area contributed by atoms with Gasteiger partial charge in [-0.3, -0.25) is 9.32 Å². The third-order valence-corrected chi connectivity index (χ3v) is 6.47. The number of alkyl halides is 3. The van der Waals surface area contributed by atoms with Crippen molar-refractivity contribution in [2.75, 3.05) is 6.61 Å². The fourth-order valence-electron chi connectivity index (χ4n) is 3.02. The van der Waals surface area contributed by atoms with Crippen LogP contribution in [-0.2, 0) is 28.1 Å². The summed E-state index contributed by atoms with van der Waals surface area (Å²) < 4.78 is 53.6. The van der Waals surface area contributed by atoms with E-state index in [-0.39, 0.29) is 12.4 Å². The number of phosphoric acid groups is 1. The molecule has 0 saturated carbocycles. The van der Waals surface area contributed by atoms with E-state index in [0.717, 1.165) is 17.0 Å². The molecular formula is C21H27F3NO5PS. The molecule has 1 atom stereocenters. The molecule has 0 aliphatic heterocycles. The molecule has 0 amide bonds. The molecule has 11 heteroatoms. The molecule has 0 fully saturated rings. The Bertz CT molecular complexity index is 955. The number of hydrogen-bond acceptors (Lipinski definition) is 5. The van der Waals surface area contributed by atoms with Crippen LogP contribution in [0.4, 0.5) is 13.2 Å². The summed E-state index contributed by atoms with van der Waals surface area (Å²) in [5.41, 5.74) is 5.00. The van der Waals surface area contributed by atoms with E-state index in [1.54, 1.807) is 19.1 Å². The van der Waals surface area contributed by atoms with Crippen molar-refractivity contribution in [3.8, 4) is 0 Å². The second kappa shape index (κ2) is 11.0. The van der Waals surface area contributed by atoms with E-state index in [2.05, 4.69) is 4.52 Å². The SMILES string of the molecule is CC(N)(CCc1ccc(C(=O)CCCCc2cccc(C(F)(F)F)c2)s1)COP(=O)(O)O. The zero-order chi connectivity index (χ0) is 24.0. The lowest BCUT2D eigenvalue weighted by molar-refractivity contribution is -0.137. The Morgan fingerprint density at radius 3 is 2.53 bits per heavy atom. The van der Waals surface area contributed by atoms with Gasteiger partial charge in [0.05, 0.1) is 17.0 Å². The van der Waals surface area contributed by atoms with Gasteiger partial charge in [-0.1, -0.05) is 18.2 Å². The Kier molecular flexibility index (Phi) is 9.22. The molecule has 0 bridgehead atoms. The molecule has 32 heavy (non-hydrogen) atoms. The molecule has 2 rings (SSSR count). The Balaban J connectivity index is 1.76. The minimum atomic E-state index is -4.58. The second-order valence-electron chi connectivity index (χ2n) is 8.01. The van der Waals surface area contributed by atoms with Gasteiger partial charge < -0.3 is 15.5 Å². The van der Waals surface area contributed by atoms with Crippen LogP contribution < -0.4 is 5.73 Å². The number of rotatable bonds is 12. The van der Waals surface area contributed by atoms with E-state index in [0.29, 0.717) is 49.0 Å². The zero-order valence-electron chi connectivity index (χ0n) is 17.6. The van der Waals surface area contributed by atoms with Gasteiger partial charge in [-0.05, 0) is 62.8 Å². The van der Waals surface area contributed by atoms with Gasteiger partial charge in [-0.25, -0.2) is 4.57 Å². The van der Waals surface area contributed by atoms with Gasteiger partial charge in [-0.2, -0.15) is 13.2 Å². The van der Waals surface area contributed by atoms with Crippen LogP contribution in [0, 0.1) is 0 Å². The number of hydrogen-bond donors (Lipinski definition) is 3. The molecule has 1 aromatic carbocycles. The topological polar surface area (TPSA) is 110 Å². The molecule has 6 nitrogen and oxygen atoms in total. The van der Waals surface area contributed by atoms with E-state index in [1.165, 1.54) is 17.4 Å². The van der Waals surface area contributed by atoms with Crippen molar-refractivity contribution in [1.29, 1.82) is 0 Å². The standard InChI is InChI=1S/C21H27F3NO5PS/c1-20(25,14-30-31(27,28)29)12-11-17-9-10-19(32-17)18(26)8-3-2-5-15-6-4-7-16(13-15)21(22,23)24/h4,6-7,9-10,13H,2-3,5,8,11-12,14,25H2,1H3,(H2,27,28,29). The zero-order valence-corrected chi connectivity index (χ0v) is 19.3. The summed E-state index contributed by atoms with van der Waals surface area (Å²) in [5, 5.41) is 0. The minimum absolute atomic E-state index is 0.0226. The van der Waals surface area contributed by atoms with Gasteiger partial charge in [0, 0.05) is 16.8 Å². The highest BCUT2D eigenvalue weighted by Crippen LogP contribution is 2.37. The molecule has 0 aliphatic carbocycles. The number of benzene rings is 1. The normalized spacial score (nSPS) is 14.3. The Hall–Kier alpha value is -1.55. The molecule has 0 saturated heterocycles. The van der Waals surface area contributed by atoms with Crippen LogP contribution in [0.2, 0.25) is 0 Å². The molecule has 0 radical (unpaired) electrons. The van der Waals surface area contributed by atoms with Crippen LogP contribution >= 0.6 is 19.2 Å². The first-order chi connectivity index (χ1) is 14.8. The van der Waals surface area contributed by atoms with Crippen molar-refractivity contribution < 1.29 is 36.8 Å². The number of unbranched alkanes of at least 4 members (excludes halogenated alkanes) is 1. The number of ketones is 1. The van der Waals surface area contributed by atoms with Gasteiger partial charge in [0.15, 0.2) is 5.78 Å². The highest BCUT2D eigenvalue weighted by molar-refractivity contribution is 7.46. The molecule has 4 N–H and O–H groups in total. The summed E-state index contributed by atoms with van der Waals surface area (Å²) in [5.74, 6) is -0.0226. The molecule has 178 valence electrons. The number of thiophene rings is 1. The predicted octanol–water partition coefficient (Wildman–Crippen LogP) is 5.12. The third kappa shape index (κ3) is 9.52. The maximum absolute atomic E-state index is 12.8. The van der Waals surface area contributed by atoms with Gasteiger partial charge >= 0.3 is 14.0 Å². The summed E-state index contributed by atoms with van der Waals surface area (Å²) in [4.78, 5) is 31.5. The predicted molar refractivity (Wildman–Crippen MR) is 117 cm³/mol. The van der Waals surface area contributed by atoms with E-state index in [4.69, 9.17) is 15.5 Å². The lowest BCUT2D eigenvalue weighted by Crippen LogP contribution is -2.41. The second-order valence-corrected chi connectivity index (χ2v) is 10.4. The van der Waals surface area contributed by atoms with Crippen molar-refractivity contribution >= 4 is 24.9 Å². The van der Waals surface area contributed by atoms with E-state index >= 15 is 0 Å². The van der Waals surface area contributed by atoms with Crippen LogP contribution in [0.15, 0.2) is 36.4 Å². The minimum Gasteiger partial charge on any atom is -0.323 e. The first-order valence-electron chi connectivity index (χ1n) is 10.0. The van der Waals surface area contributed by atoms with Gasteiger partial charge in [0.2, 0.25) is 0 Å². The number of carbonyl (C=O) groups is 1. The summed E-state index contributed by atoms with van der Waals surface area (Å²) in [6, 6.07) is 8.78. The van der Waals surface area contributed by atoms with Crippen molar-refractivity contribution in [3.63, 3.8) is 0 Å². The van der Waals surface area contributed by atoms with Crippen molar-refractivity contribution in [1.82, 2.24) is 0 Å². The highest BCUT2D eigenvalue weighted by Gasteiger charge is 2.30. The quantitative estimate of drug-likeness (QED) is 0.215. The van der Waals surface area contributed by atoms with Crippen LogP contribution in [0.1, 0.15) is 58.3 Å². The van der Waals surface area contributed by atoms with Gasteiger partial charge in [0.1, 0.15) is 0 Å². The summed E-state index contributed by atoms with van der Waals surface area (Å²) in [6.45, 7) is 1.34. The van der Waals surface area contributed by atoms with E-state index < -0.39 is 25.1 Å². The third-order valence-electron chi connectivity index (χ3n) is 4.82. The number of Topliss-reactive ketones (excluding diaryl/α,β-unsaturated/α-hetero) is 1. The number of nitrogens with two attached hydrogens (primary N) is 1. The maximum atomic E-state index is 12.8. The van der Waals surface area contributed by atoms with Gasteiger partial charge in [0.25, 0.3) is 0 Å². The monoisotopic (exact) mass is 493 g/mol. The number of halogens is 3. The highest BCUT2D eigenvalue weighted by atomic mass is 32.1. The fraction of sp³-hybridized carbons (Fsp3) is 0.476. The largest absolute Gasteiger partial charge is 0.469 e. The Morgan fingerprint density at radius 2 is 1.88 bits per heavy atom. The van der Waals surface area contributed by atoms with Crippen molar-refractivity contribution in [3.05, 3.63) is 57.3 Å². The summed E-state index contributed by atoms with van der Waals surface area (Å²) >= 11 is 1.34. The first-order valence-corrected chi connectivity index (χ1v) is 12.4. The Labute approximate surface area is 188 Å². The van der Waals surface area contributed by atoms with Gasteiger partial charge in [-0.15, -0.1) is 11.3 Å². The lowest BCUT2D eigenvalue weighted by Gasteiger charge is -2.24. The van der Waals surface area contributed by atoms with Crippen molar-refractivity contribution in [2.24, 2.45) is 5.73 Å². The molecule has 1 heterocycles. The molecule has 0 aliphatic rings. The molecule has 0 spiro atoms. The van der Waals surface area contributed by atoms with Crippen LogP contribution in [0.25, 0.3) is 0 Å². The molecular weight excluding hydrogens is 466 g/mol.